The van der Waals surface area contributed by atoms with E-state index in [4.69, 9.17) is 5.73 Å². The maximum Gasteiger partial charge on any atom is 0.314 e. The molecule has 0 spiro atoms. The number of carbonyl (C=O) groups is 3. The summed E-state index contributed by atoms with van der Waals surface area (Å²) in [5, 5.41) is 11.2. The van der Waals surface area contributed by atoms with Gasteiger partial charge in [0, 0.05) is 20.1 Å². The summed E-state index contributed by atoms with van der Waals surface area (Å²) in [5.41, 5.74) is 9.74. The van der Waals surface area contributed by atoms with E-state index in [0.29, 0.717) is 19.4 Å². The zero-order valence-electron chi connectivity index (χ0n) is 22.2. The summed E-state index contributed by atoms with van der Waals surface area (Å²) in [4.78, 5) is 37.6. The average Bonchev–Trinajstić information content (AvgIpc) is 2.92. The van der Waals surface area contributed by atoms with Crippen molar-refractivity contribution in [2.45, 2.75) is 51.4 Å². The van der Waals surface area contributed by atoms with Crippen LogP contribution in [-0.2, 0) is 29.1 Å². The summed E-state index contributed by atoms with van der Waals surface area (Å²) in [6.45, 7) is 3.86. The number of hydrogen-bond donors (Lipinski definition) is 5. The van der Waals surface area contributed by atoms with E-state index >= 15 is 0 Å². The van der Waals surface area contributed by atoms with Crippen LogP contribution in [0.5, 0.6) is 0 Å². The second-order valence-electron chi connectivity index (χ2n) is 9.74. The quantitative estimate of drug-likeness (QED) is 0.269. The Hall–Kier alpha value is -4.17. The van der Waals surface area contributed by atoms with E-state index < -0.39 is 11.6 Å². The van der Waals surface area contributed by atoms with Gasteiger partial charge in [0.25, 0.3) is 0 Å². The molecule has 1 atom stereocenters. The first-order valence-corrected chi connectivity index (χ1v) is 12.7. The number of aryl methyl sites for hydroxylation is 1. The number of nitrogens with one attached hydrogen (secondary N) is 4. The number of nitrogens with two attached hydrogens (primary N) is 1. The Morgan fingerprint density at radius 3 is 1.87 bits per heavy atom. The fourth-order valence-corrected chi connectivity index (χ4v) is 4.01. The number of carbonyl (C=O) groups excluding carboxylic acids is 3. The molecular weight excluding hydrogens is 478 g/mol. The topological polar surface area (TPSA) is 125 Å². The molecule has 0 aliphatic rings. The van der Waals surface area contributed by atoms with Gasteiger partial charge in [-0.25, -0.2) is 4.79 Å². The van der Waals surface area contributed by atoms with Gasteiger partial charge in [-0.3, -0.25) is 9.59 Å². The van der Waals surface area contributed by atoms with E-state index in [-0.39, 0.29) is 24.4 Å². The number of rotatable bonds is 11. The molecule has 4 amide bonds. The first-order valence-electron chi connectivity index (χ1n) is 12.7. The normalized spacial score (nSPS) is 11.8. The third-order valence-electron chi connectivity index (χ3n) is 6.22. The smallest absolute Gasteiger partial charge is 0.314 e. The van der Waals surface area contributed by atoms with Crippen molar-refractivity contribution in [1.82, 2.24) is 21.3 Å². The van der Waals surface area contributed by atoms with Gasteiger partial charge in [0.1, 0.15) is 6.04 Å². The van der Waals surface area contributed by atoms with Crippen LogP contribution >= 0.6 is 0 Å². The van der Waals surface area contributed by atoms with E-state index in [1.807, 2.05) is 78.9 Å². The van der Waals surface area contributed by atoms with Crippen LogP contribution in [0.15, 0.2) is 78.9 Å². The molecule has 0 aromatic heterocycles. The molecule has 8 heteroatoms. The molecule has 0 aliphatic carbocycles. The third-order valence-corrected chi connectivity index (χ3v) is 6.22. The van der Waals surface area contributed by atoms with Crippen LogP contribution in [0, 0.1) is 0 Å². The van der Waals surface area contributed by atoms with Gasteiger partial charge in [-0.2, -0.15) is 0 Å². The highest BCUT2D eigenvalue weighted by molar-refractivity contribution is 5.91. The van der Waals surface area contributed by atoms with Gasteiger partial charge < -0.3 is 27.0 Å². The molecule has 3 aromatic rings. The predicted molar refractivity (Wildman–Crippen MR) is 150 cm³/mol. The predicted octanol–water partition coefficient (Wildman–Crippen LogP) is 3.25. The third kappa shape index (κ3) is 8.18. The second kappa shape index (κ2) is 13.4. The highest BCUT2D eigenvalue weighted by Crippen LogP contribution is 2.27. The van der Waals surface area contributed by atoms with Crippen molar-refractivity contribution in [2.24, 2.45) is 5.73 Å². The zero-order valence-corrected chi connectivity index (χ0v) is 22.2. The highest BCUT2D eigenvalue weighted by atomic mass is 16.2. The van der Waals surface area contributed by atoms with Gasteiger partial charge >= 0.3 is 6.03 Å². The van der Waals surface area contributed by atoms with E-state index in [1.165, 1.54) is 0 Å². The molecule has 3 aromatic carbocycles. The van der Waals surface area contributed by atoms with Gasteiger partial charge in [0.2, 0.25) is 11.8 Å². The highest BCUT2D eigenvalue weighted by Gasteiger charge is 2.28. The summed E-state index contributed by atoms with van der Waals surface area (Å²) in [6.07, 6.45) is 1.07. The van der Waals surface area contributed by atoms with Gasteiger partial charge in [0.15, 0.2) is 0 Å². The van der Waals surface area contributed by atoms with Crippen LogP contribution in [0.1, 0.15) is 37.0 Å². The summed E-state index contributed by atoms with van der Waals surface area (Å²) >= 11 is 0. The Labute approximate surface area is 224 Å². The summed E-state index contributed by atoms with van der Waals surface area (Å²) in [6, 6.07) is 24.5. The molecular formula is C30H37N5O3. The molecule has 0 unspecified atom stereocenters. The van der Waals surface area contributed by atoms with Crippen molar-refractivity contribution >= 4 is 17.8 Å². The Morgan fingerprint density at radius 2 is 1.32 bits per heavy atom. The molecule has 38 heavy (non-hydrogen) atoms. The minimum Gasteiger partial charge on any atom is -0.350 e. The number of urea groups is 1. The van der Waals surface area contributed by atoms with Crippen molar-refractivity contribution in [3.8, 4) is 11.1 Å². The number of amides is 4. The molecule has 8 nitrogen and oxygen atoms in total. The SMILES string of the molecule is CNC(=O)NCc1ccccc1-c1ccccc1CNC(=O)[C@@H](CCc1ccccc1)NC(=O)C(C)(C)N. The molecule has 200 valence electrons. The maximum absolute atomic E-state index is 13.3. The largest absolute Gasteiger partial charge is 0.350 e. The van der Waals surface area contributed by atoms with E-state index in [0.717, 1.165) is 27.8 Å². The van der Waals surface area contributed by atoms with Crippen molar-refractivity contribution in [3.05, 3.63) is 95.6 Å². The molecule has 0 saturated heterocycles. The second-order valence-corrected chi connectivity index (χ2v) is 9.74. The van der Waals surface area contributed by atoms with Gasteiger partial charge in [-0.05, 0) is 54.5 Å². The van der Waals surface area contributed by atoms with Crippen LogP contribution in [0.2, 0.25) is 0 Å². The summed E-state index contributed by atoms with van der Waals surface area (Å²) in [5.74, 6) is -0.661. The van der Waals surface area contributed by atoms with Crippen molar-refractivity contribution in [1.29, 1.82) is 0 Å². The number of hydrogen-bond acceptors (Lipinski definition) is 4. The van der Waals surface area contributed by atoms with Crippen molar-refractivity contribution in [3.63, 3.8) is 0 Å². The van der Waals surface area contributed by atoms with Gasteiger partial charge in [-0.15, -0.1) is 0 Å². The lowest BCUT2D eigenvalue weighted by molar-refractivity contribution is -0.131. The summed E-state index contributed by atoms with van der Waals surface area (Å²) in [7, 11) is 1.57. The van der Waals surface area contributed by atoms with Crippen LogP contribution in [0.3, 0.4) is 0 Å². The van der Waals surface area contributed by atoms with Gasteiger partial charge in [0.05, 0.1) is 5.54 Å². The van der Waals surface area contributed by atoms with Crippen molar-refractivity contribution in [2.75, 3.05) is 7.05 Å². The van der Waals surface area contributed by atoms with E-state index in [9.17, 15) is 14.4 Å². The first kappa shape index (κ1) is 28.4. The Bertz CT molecular complexity index is 1240. The van der Waals surface area contributed by atoms with Crippen molar-refractivity contribution < 1.29 is 14.4 Å². The first-order chi connectivity index (χ1) is 18.2. The average molecular weight is 516 g/mol. The van der Waals surface area contributed by atoms with Crippen LogP contribution < -0.4 is 27.0 Å². The van der Waals surface area contributed by atoms with Gasteiger partial charge in [-0.1, -0.05) is 78.9 Å². The Balaban J connectivity index is 1.76. The molecule has 0 saturated carbocycles. The van der Waals surface area contributed by atoms with Crippen LogP contribution in [0.4, 0.5) is 4.79 Å². The minimum atomic E-state index is -1.11. The Kier molecular flexibility index (Phi) is 10.0. The fraction of sp³-hybridized carbons (Fsp3) is 0.300. The monoisotopic (exact) mass is 515 g/mol. The summed E-state index contributed by atoms with van der Waals surface area (Å²) < 4.78 is 0. The molecule has 6 N–H and O–H groups in total. The van der Waals surface area contributed by atoms with E-state index in [2.05, 4.69) is 21.3 Å². The lowest BCUT2D eigenvalue weighted by Crippen LogP contribution is -2.55. The standard InChI is InChI=1S/C30H37N5O3/c1-30(2,31)28(37)35-26(18-17-21-11-5-4-6-12-21)27(36)33-19-22-13-7-9-15-24(22)25-16-10-8-14-23(25)20-34-29(38)32-3/h4-16,26H,17-20,31H2,1-3H3,(H,33,36)(H,35,37)(H2,32,34,38)/t26-/m1/s1. The molecule has 0 fully saturated rings. The molecule has 0 heterocycles. The molecule has 3 rings (SSSR count). The molecule has 0 radical (unpaired) electrons. The minimum absolute atomic E-state index is 0.260. The zero-order chi connectivity index (χ0) is 27.5. The Morgan fingerprint density at radius 1 is 0.789 bits per heavy atom. The lowest BCUT2D eigenvalue weighted by atomic mass is 9.95. The molecule has 0 bridgehead atoms. The molecule has 0 aliphatic heterocycles. The van der Waals surface area contributed by atoms with Crippen LogP contribution in [-0.4, -0.2) is 36.5 Å². The lowest BCUT2D eigenvalue weighted by Gasteiger charge is -2.24. The van der Waals surface area contributed by atoms with E-state index in [1.54, 1.807) is 20.9 Å². The fourth-order valence-electron chi connectivity index (χ4n) is 4.01. The number of benzene rings is 3. The maximum atomic E-state index is 13.3. The van der Waals surface area contributed by atoms with Crippen LogP contribution in [0.25, 0.3) is 11.1 Å².